The van der Waals surface area contributed by atoms with E-state index in [2.05, 4.69) is 110 Å². The lowest BCUT2D eigenvalue weighted by molar-refractivity contribution is 0.891. The molecule has 4 rings (SSSR count). The first-order valence-corrected chi connectivity index (χ1v) is 9.98. The first-order chi connectivity index (χ1) is 14.2. The third kappa shape index (κ3) is 3.74. The normalized spacial score (nSPS) is 13.2. The van der Waals surface area contributed by atoms with Crippen molar-refractivity contribution in [3.63, 3.8) is 0 Å². The Balaban J connectivity index is 1.92. The van der Waals surface area contributed by atoms with Gasteiger partial charge >= 0.3 is 0 Å². The molecule has 0 unspecified atom stereocenters. The topological polar surface area (TPSA) is 15.3 Å². The lowest BCUT2D eigenvalue weighted by atomic mass is 9.95. The van der Waals surface area contributed by atoms with Crippen LogP contribution in [0.2, 0.25) is 0 Å². The zero-order valence-corrected chi connectivity index (χ0v) is 17.0. The highest BCUT2D eigenvalue weighted by atomic mass is 15.2. The Morgan fingerprint density at radius 1 is 0.828 bits per heavy atom. The van der Waals surface area contributed by atoms with Crippen LogP contribution >= 0.6 is 0 Å². The third-order valence-electron chi connectivity index (χ3n) is 5.34. The molecule has 0 fully saturated rings. The van der Waals surface area contributed by atoms with E-state index in [4.69, 9.17) is 0 Å². The zero-order chi connectivity index (χ0) is 20.2. The van der Waals surface area contributed by atoms with Crippen LogP contribution in [-0.2, 0) is 0 Å². The van der Waals surface area contributed by atoms with E-state index in [1.807, 2.05) is 12.1 Å². The molecule has 29 heavy (non-hydrogen) atoms. The van der Waals surface area contributed by atoms with Crippen molar-refractivity contribution in [2.45, 2.75) is 13.8 Å². The molecule has 1 heterocycles. The summed E-state index contributed by atoms with van der Waals surface area (Å²) >= 11 is 0. The Labute approximate surface area is 173 Å². The highest BCUT2D eigenvalue weighted by Crippen LogP contribution is 2.36. The summed E-state index contributed by atoms with van der Waals surface area (Å²) in [5.41, 5.74) is 9.46. The maximum atomic E-state index is 4.01. The molecule has 0 aromatic heterocycles. The molecular weight excluding hydrogens is 352 g/mol. The largest absolute Gasteiger partial charge is 0.380 e. The van der Waals surface area contributed by atoms with E-state index in [9.17, 15) is 0 Å². The van der Waals surface area contributed by atoms with E-state index >= 15 is 0 Å². The van der Waals surface area contributed by atoms with Crippen molar-refractivity contribution in [2.24, 2.45) is 0 Å². The number of para-hydroxylation sites is 1. The van der Waals surface area contributed by atoms with Crippen LogP contribution in [-0.4, -0.2) is 6.54 Å². The van der Waals surface area contributed by atoms with Crippen molar-refractivity contribution in [3.8, 4) is 11.1 Å². The molecule has 2 heteroatoms. The molecule has 1 aliphatic rings. The number of rotatable bonds is 5. The van der Waals surface area contributed by atoms with E-state index in [1.165, 1.54) is 22.3 Å². The Morgan fingerprint density at radius 3 is 2.31 bits per heavy atom. The maximum Gasteiger partial charge on any atom is 0.0690 e. The number of nitrogens with one attached hydrogen (secondary N) is 1. The molecule has 0 saturated carbocycles. The summed E-state index contributed by atoms with van der Waals surface area (Å²) in [6, 6.07) is 25.7. The van der Waals surface area contributed by atoms with Crippen molar-refractivity contribution in [2.75, 3.05) is 11.4 Å². The van der Waals surface area contributed by atoms with E-state index in [0.717, 1.165) is 29.3 Å². The van der Waals surface area contributed by atoms with Crippen molar-refractivity contribution >= 4 is 11.4 Å². The molecule has 1 aliphatic heterocycles. The van der Waals surface area contributed by atoms with Gasteiger partial charge in [-0.15, -0.1) is 0 Å². The summed E-state index contributed by atoms with van der Waals surface area (Å²) in [5.74, 6) is 0. The van der Waals surface area contributed by atoms with Crippen molar-refractivity contribution in [1.82, 2.24) is 5.32 Å². The average molecular weight is 379 g/mol. The number of benzene rings is 3. The minimum absolute atomic E-state index is 0.815. The molecule has 0 bridgehead atoms. The van der Waals surface area contributed by atoms with Crippen LogP contribution in [0.4, 0.5) is 11.4 Å². The lowest BCUT2D eigenvalue weighted by Crippen LogP contribution is -2.25. The molecule has 0 aliphatic carbocycles. The van der Waals surface area contributed by atoms with Gasteiger partial charge in [0, 0.05) is 17.9 Å². The summed E-state index contributed by atoms with van der Waals surface area (Å²) in [4.78, 5) is 2.29. The van der Waals surface area contributed by atoms with Crippen LogP contribution in [0.25, 0.3) is 11.1 Å². The number of anilines is 2. The van der Waals surface area contributed by atoms with E-state index in [-0.39, 0.29) is 0 Å². The van der Waals surface area contributed by atoms with Crippen LogP contribution < -0.4 is 10.2 Å². The number of allylic oxidation sites excluding steroid dienone is 2. The van der Waals surface area contributed by atoms with Gasteiger partial charge in [-0.25, -0.2) is 0 Å². The van der Waals surface area contributed by atoms with Crippen molar-refractivity contribution in [3.05, 3.63) is 120 Å². The Bertz CT molecular complexity index is 1090. The fourth-order valence-corrected chi connectivity index (χ4v) is 3.81. The third-order valence-corrected chi connectivity index (χ3v) is 5.34. The number of nitrogens with zero attached hydrogens (tertiary/aromatic N) is 1. The maximum absolute atomic E-state index is 4.01. The molecule has 0 amide bonds. The monoisotopic (exact) mass is 378 g/mol. The number of dihydropyridines is 1. The quantitative estimate of drug-likeness (QED) is 0.534. The molecule has 0 atom stereocenters. The van der Waals surface area contributed by atoms with Gasteiger partial charge in [0.15, 0.2) is 0 Å². The van der Waals surface area contributed by atoms with Gasteiger partial charge in [-0.1, -0.05) is 61.2 Å². The van der Waals surface area contributed by atoms with Crippen LogP contribution in [0, 0.1) is 13.8 Å². The Hall–Kier alpha value is -3.52. The first kappa shape index (κ1) is 18.8. The number of hydrogen-bond donors (Lipinski definition) is 1. The summed E-state index contributed by atoms with van der Waals surface area (Å²) < 4.78 is 0. The van der Waals surface area contributed by atoms with Gasteiger partial charge < -0.3 is 10.2 Å². The van der Waals surface area contributed by atoms with Crippen LogP contribution in [0.15, 0.2) is 109 Å². The number of hydrogen-bond acceptors (Lipinski definition) is 2. The van der Waals surface area contributed by atoms with Crippen LogP contribution in [0.3, 0.4) is 0 Å². The van der Waals surface area contributed by atoms with Gasteiger partial charge in [0.25, 0.3) is 0 Å². The predicted octanol–water partition coefficient (Wildman–Crippen LogP) is 6.67. The second kappa shape index (κ2) is 8.24. The fourth-order valence-electron chi connectivity index (χ4n) is 3.81. The summed E-state index contributed by atoms with van der Waals surface area (Å²) in [6.45, 7) is 9.17. The molecule has 1 N–H and O–H groups in total. The molecular formula is C27H26N2. The molecule has 3 aromatic carbocycles. The van der Waals surface area contributed by atoms with E-state index in [0.29, 0.717) is 0 Å². The fraction of sp³-hybridized carbons (Fsp3) is 0.111. The molecule has 0 saturated heterocycles. The predicted molar refractivity (Wildman–Crippen MR) is 124 cm³/mol. The summed E-state index contributed by atoms with van der Waals surface area (Å²) in [7, 11) is 0. The second-order valence-electron chi connectivity index (χ2n) is 7.27. The Morgan fingerprint density at radius 2 is 1.55 bits per heavy atom. The minimum Gasteiger partial charge on any atom is -0.380 e. The van der Waals surface area contributed by atoms with Crippen LogP contribution in [0.1, 0.15) is 11.1 Å². The van der Waals surface area contributed by atoms with Gasteiger partial charge in [-0.05, 0) is 72.5 Å². The molecule has 0 spiro atoms. The summed E-state index contributed by atoms with van der Waals surface area (Å²) in [5, 5.41) is 3.44. The van der Waals surface area contributed by atoms with Gasteiger partial charge in [0.05, 0.1) is 11.4 Å². The highest BCUT2D eigenvalue weighted by molar-refractivity contribution is 5.79. The van der Waals surface area contributed by atoms with Gasteiger partial charge in [-0.3, -0.25) is 0 Å². The molecule has 2 nitrogen and oxygen atoms in total. The average Bonchev–Trinajstić information content (AvgIpc) is 2.77. The molecule has 3 aromatic rings. The summed E-state index contributed by atoms with van der Waals surface area (Å²) in [6.07, 6.45) is 6.22. The van der Waals surface area contributed by atoms with Crippen molar-refractivity contribution in [1.29, 1.82) is 0 Å². The SMILES string of the molecule is C=CC1=C(N(c2ccccc2)c2ccc(C)c(-c3ccccc3C)c2)C=CCN1. The number of aryl methyl sites for hydroxylation is 2. The van der Waals surface area contributed by atoms with E-state index in [1.54, 1.807) is 0 Å². The van der Waals surface area contributed by atoms with E-state index < -0.39 is 0 Å². The van der Waals surface area contributed by atoms with Gasteiger partial charge in [0.2, 0.25) is 0 Å². The smallest absolute Gasteiger partial charge is 0.0690 e. The molecule has 144 valence electrons. The lowest BCUT2D eigenvalue weighted by Gasteiger charge is -2.30. The highest BCUT2D eigenvalue weighted by Gasteiger charge is 2.19. The molecule has 0 radical (unpaired) electrons. The minimum atomic E-state index is 0.815. The Kier molecular flexibility index (Phi) is 5.35. The first-order valence-electron chi connectivity index (χ1n) is 9.98. The van der Waals surface area contributed by atoms with Gasteiger partial charge in [-0.2, -0.15) is 0 Å². The van der Waals surface area contributed by atoms with Gasteiger partial charge in [0.1, 0.15) is 0 Å². The standard InChI is InChI=1S/C27H26N2/c1-4-26-27(15-10-18-28-26)29(22-12-6-5-7-13-22)23-17-16-21(3)25(19-23)24-14-9-8-11-20(24)2/h4-17,19,28H,1,18H2,2-3H3. The zero-order valence-electron chi connectivity index (χ0n) is 17.0. The van der Waals surface area contributed by atoms with Crippen LogP contribution in [0.5, 0.6) is 0 Å². The second-order valence-corrected chi connectivity index (χ2v) is 7.27. The van der Waals surface area contributed by atoms with Crippen molar-refractivity contribution < 1.29 is 0 Å².